The number of benzene rings is 2. The summed E-state index contributed by atoms with van der Waals surface area (Å²) in [6, 6.07) is 10.4. The van der Waals surface area contributed by atoms with Crippen molar-refractivity contribution in [3.63, 3.8) is 0 Å². The number of halogens is 2. The molecule has 0 bridgehead atoms. The van der Waals surface area contributed by atoms with Crippen LogP contribution in [-0.2, 0) is 0 Å². The molecule has 2 aromatic heterocycles. The van der Waals surface area contributed by atoms with E-state index in [1.807, 2.05) is 11.9 Å². The van der Waals surface area contributed by atoms with E-state index in [9.17, 15) is 18.4 Å². The van der Waals surface area contributed by atoms with Crippen LogP contribution in [0, 0.1) is 11.6 Å². The van der Waals surface area contributed by atoms with Gasteiger partial charge in [0.1, 0.15) is 5.69 Å². The van der Waals surface area contributed by atoms with E-state index in [0.29, 0.717) is 24.3 Å². The molecule has 0 unspecified atom stereocenters. The Balaban J connectivity index is 1.41. The molecule has 1 aliphatic rings. The van der Waals surface area contributed by atoms with Crippen molar-refractivity contribution in [3.05, 3.63) is 76.2 Å². The third kappa shape index (κ3) is 3.89. The monoisotopic (exact) mass is 450 g/mol. The molecule has 2 aromatic carbocycles. The molecule has 10 heteroatoms. The summed E-state index contributed by atoms with van der Waals surface area (Å²) < 4.78 is 29.2. The fourth-order valence-corrected chi connectivity index (χ4v) is 3.87. The average Bonchev–Trinajstić information content (AvgIpc) is 3.31. The lowest BCUT2D eigenvalue weighted by atomic mass is 10.1. The molecule has 1 N–H and O–H groups in total. The lowest BCUT2D eigenvalue weighted by molar-refractivity contribution is 0.0664. The topological polar surface area (TPSA) is 87.1 Å². The third-order valence-electron chi connectivity index (χ3n) is 5.85. The van der Waals surface area contributed by atoms with Gasteiger partial charge >= 0.3 is 0 Å². The summed E-state index contributed by atoms with van der Waals surface area (Å²) in [5, 5.41) is 8.01. The van der Waals surface area contributed by atoms with E-state index in [1.165, 1.54) is 23.0 Å². The van der Waals surface area contributed by atoms with Gasteiger partial charge in [-0.25, -0.2) is 13.5 Å². The van der Waals surface area contributed by atoms with Crippen molar-refractivity contribution in [1.82, 2.24) is 29.8 Å². The maximum atomic E-state index is 14.2. The van der Waals surface area contributed by atoms with Crippen molar-refractivity contribution in [2.45, 2.75) is 0 Å². The molecule has 33 heavy (non-hydrogen) atoms. The van der Waals surface area contributed by atoms with Gasteiger partial charge in [-0.2, -0.15) is 0 Å². The first-order valence-corrected chi connectivity index (χ1v) is 10.4. The van der Waals surface area contributed by atoms with E-state index < -0.39 is 17.2 Å². The second kappa shape index (κ2) is 8.21. The molecular formula is C23H20F2N6O2. The standard InChI is InChI=1S/C23H20F2N6O2/c1-29-8-10-30(11-9-29)23(33)14-2-4-15(5-3-14)31-13-20(27-28-31)17-12-16-19(26-22(17)32)7-6-18(24)21(16)25/h2-7,12-13H,8-11H2,1H3,(H,26,32). The van der Waals surface area contributed by atoms with E-state index >= 15 is 0 Å². The van der Waals surface area contributed by atoms with Crippen LogP contribution in [0.1, 0.15) is 10.4 Å². The van der Waals surface area contributed by atoms with Crippen molar-refractivity contribution in [2.24, 2.45) is 0 Å². The number of hydrogen-bond acceptors (Lipinski definition) is 5. The Morgan fingerprint density at radius 3 is 2.48 bits per heavy atom. The van der Waals surface area contributed by atoms with E-state index in [4.69, 9.17) is 0 Å². The van der Waals surface area contributed by atoms with Gasteiger partial charge in [-0.05, 0) is 49.5 Å². The van der Waals surface area contributed by atoms with Crippen LogP contribution >= 0.6 is 0 Å². The second-order valence-electron chi connectivity index (χ2n) is 8.03. The van der Waals surface area contributed by atoms with Crippen LogP contribution in [0.25, 0.3) is 27.8 Å². The van der Waals surface area contributed by atoms with Crippen LogP contribution in [-0.4, -0.2) is 68.9 Å². The summed E-state index contributed by atoms with van der Waals surface area (Å²) in [7, 11) is 2.03. The van der Waals surface area contributed by atoms with Crippen molar-refractivity contribution in [3.8, 4) is 16.9 Å². The molecule has 0 spiro atoms. The number of aromatic nitrogens is 4. The van der Waals surface area contributed by atoms with Gasteiger partial charge in [0.05, 0.1) is 23.0 Å². The summed E-state index contributed by atoms with van der Waals surface area (Å²) in [4.78, 5) is 31.7. The maximum absolute atomic E-state index is 14.2. The van der Waals surface area contributed by atoms with Crippen molar-refractivity contribution < 1.29 is 13.6 Å². The number of pyridine rings is 1. The predicted molar refractivity (Wildman–Crippen MR) is 118 cm³/mol. The molecule has 0 radical (unpaired) electrons. The van der Waals surface area contributed by atoms with Gasteiger partial charge in [0.2, 0.25) is 0 Å². The van der Waals surface area contributed by atoms with Crippen LogP contribution in [0.3, 0.4) is 0 Å². The van der Waals surface area contributed by atoms with Gasteiger partial charge < -0.3 is 14.8 Å². The highest BCUT2D eigenvalue weighted by Crippen LogP contribution is 2.22. The van der Waals surface area contributed by atoms with E-state index in [0.717, 1.165) is 19.2 Å². The number of carbonyl (C=O) groups excluding carboxylic acids is 1. The fraction of sp³-hybridized carbons (Fsp3) is 0.217. The summed E-state index contributed by atoms with van der Waals surface area (Å²) in [5.74, 6) is -2.07. The number of likely N-dealkylation sites (N-methyl/N-ethyl adjacent to an activating group) is 1. The Morgan fingerprint density at radius 2 is 1.76 bits per heavy atom. The van der Waals surface area contributed by atoms with Gasteiger partial charge in [0, 0.05) is 37.1 Å². The number of nitrogens with zero attached hydrogens (tertiary/aromatic N) is 5. The molecule has 0 saturated carbocycles. The Labute approximate surface area is 187 Å². The lowest BCUT2D eigenvalue weighted by Crippen LogP contribution is -2.47. The molecule has 5 rings (SSSR count). The van der Waals surface area contributed by atoms with Crippen LogP contribution in [0.5, 0.6) is 0 Å². The van der Waals surface area contributed by atoms with Gasteiger partial charge in [0.25, 0.3) is 11.5 Å². The first-order valence-electron chi connectivity index (χ1n) is 10.4. The largest absolute Gasteiger partial charge is 0.336 e. The normalized spacial score (nSPS) is 14.7. The molecule has 8 nitrogen and oxygen atoms in total. The van der Waals surface area contributed by atoms with Crippen molar-refractivity contribution >= 4 is 16.8 Å². The number of amides is 1. The molecule has 1 aliphatic heterocycles. The number of H-pyrrole nitrogens is 1. The first-order chi connectivity index (χ1) is 15.9. The average molecular weight is 450 g/mol. The van der Waals surface area contributed by atoms with Gasteiger partial charge in [-0.15, -0.1) is 5.10 Å². The molecule has 0 aliphatic carbocycles. The van der Waals surface area contributed by atoms with Gasteiger partial charge in [-0.3, -0.25) is 9.59 Å². The Bertz CT molecular complexity index is 1400. The maximum Gasteiger partial charge on any atom is 0.258 e. The van der Waals surface area contributed by atoms with E-state index in [1.54, 1.807) is 24.3 Å². The molecule has 3 heterocycles. The van der Waals surface area contributed by atoms with E-state index in [2.05, 4.69) is 20.2 Å². The zero-order chi connectivity index (χ0) is 23.1. The first kappa shape index (κ1) is 21.0. The highest BCUT2D eigenvalue weighted by atomic mass is 19.2. The Hall–Kier alpha value is -3.92. The Kier molecular flexibility index (Phi) is 5.21. The second-order valence-corrected chi connectivity index (χ2v) is 8.03. The van der Waals surface area contributed by atoms with Crippen LogP contribution in [0.2, 0.25) is 0 Å². The number of fused-ring (bicyclic) bond motifs is 1. The minimum atomic E-state index is -1.04. The van der Waals surface area contributed by atoms with E-state index in [-0.39, 0.29) is 28.1 Å². The number of rotatable bonds is 3. The van der Waals surface area contributed by atoms with Crippen molar-refractivity contribution in [2.75, 3.05) is 33.2 Å². The molecule has 1 amide bonds. The molecule has 4 aromatic rings. The predicted octanol–water partition coefficient (Wildman–Crippen LogP) is 2.44. The van der Waals surface area contributed by atoms with Crippen LogP contribution in [0.15, 0.2) is 53.5 Å². The Morgan fingerprint density at radius 1 is 1.03 bits per heavy atom. The van der Waals surface area contributed by atoms with Crippen LogP contribution < -0.4 is 5.56 Å². The van der Waals surface area contributed by atoms with Gasteiger partial charge in [0.15, 0.2) is 11.6 Å². The third-order valence-corrected chi connectivity index (χ3v) is 5.85. The lowest BCUT2D eigenvalue weighted by Gasteiger charge is -2.32. The summed E-state index contributed by atoms with van der Waals surface area (Å²) >= 11 is 0. The number of carbonyl (C=O) groups is 1. The number of aromatic amines is 1. The van der Waals surface area contributed by atoms with Crippen LogP contribution in [0.4, 0.5) is 8.78 Å². The quantitative estimate of drug-likeness (QED) is 0.518. The van der Waals surface area contributed by atoms with Gasteiger partial charge in [-0.1, -0.05) is 5.21 Å². The fourth-order valence-electron chi connectivity index (χ4n) is 3.87. The summed E-state index contributed by atoms with van der Waals surface area (Å²) in [6.07, 6.45) is 1.52. The molecule has 168 valence electrons. The summed E-state index contributed by atoms with van der Waals surface area (Å²) in [6.45, 7) is 3.06. The highest BCUT2D eigenvalue weighted by Gasteiger charge is 2.20. The number of piperazine rings is 1. The number of hydrogen-bond donors (Lipinski definition) is 1. The highest BCUT2D eigenvalue weighted by molar-refractivity contribution is 5.94. The zero-order valence-corrected chi connectivity index (χ0v) is 17.8. The zero-order valence-electron chi connectivity index (χ0n) is 17.8. The number of nitrogens with one attached hydrogen (secondary N) is 1. The molecular weight excluding hydrogens is 430 g/mol. The van der Waals surface area contributed by atoms with Crippen molar-refractivity contribution in [1.29, 1.82) is 0 Å². The SMILES string of the molecule is CN1CCN(C(=O)c2ccc(-n3cc(-c4cc5c(F)c(F)ccc5[nH]c4=O)nn3)cc2)CC1. The minimum Gasteiger partial charge on any atom is -0.336 e. The molecule has 1 fully saturated rings. The smallest absolute Gasteiger partial charge is 0.258 e. The molecule has 1 saturated heterocycles. The summed E-state index contributed by atoms with van der Waals surface area (Å²) in [5.41, 5.74) is 1.19. The molecule has 0 atom stereocenters. The minimum absolute atomic E-state index is 0.0223.